The Hall–Kier alpha value is -1.62. The number of carbonyl (C=O) groups is 1. The van der Waals surface area contributed by atoms with Gasteiger partial charge in [0.15, 0.2) is 5.78 Å². The molecule has 0 aliphatic heterocycles. The predicted octanol–water partition coefficient (Wildman–Crippen LogP) is 2.69. The van der Waals surface area contributed by atoms with Crippen LogP contribution in [0.2, 0.25) is 0 Å². The fourth-order valence-electron chi connectivity index (χ4n) is 1.51. The third-order valence-corrected chi connectivity index (χ3v) is 2.60. The van der Waals surface area contributed by atoms with Crippen molar-refractivity contribution in [2.45, 2.75) is 27.7 Å². The van der Waals surface area contributed by atoms with E-state index in [4.69, 9.17) is 5.26 Å². The Morgan fingerprint density at radius 3 is 2.36 bits per heavy atom. The Labute approximate surface area is 84.2 Å². The molecule has 1 aliphatic carbocycles. The highest BCUT2D eigenvalue weighted by Crippen LogP contribution is 2.27. The van der Waals surface area contributed by atoms with E-state index in [-0.39, 0.29) is 5.78 Å². The first-order valence-corrected chi connectivity index (χ1v) is 4.51. The molecule has 0 radical (unpaired) electrons. The molecular formula is C12H13NO. The summed E-state index contributed by atoms with van der Waals surface area (Å²) in [6.45, 7) is 7.24. The lowest BCUT2D eigenvalue weighted by Crippen LogP contribution is -2.10. The maximum Gasteiger partial charge on any atom is 0.184 e. The summed E-state index contributed by atoms with van der Waals surface area (Å²) in [5.74, 6) is 0.0805. The minimum Gasteiger partial charge on any atom is -0.289 e. The molecule has 0 aromatic carbocycles. The molecule has 0 saturated carbocycles. The third-order valence-electron chi connectivity index (χ3n) is 2.60. The van der Waals surface area contributed by atoms with Gasteiger partial charge in [-0.15, -0.1) is 0 Å². The number of carbonyl (C=O) groups excluding carboxylic acids is 1. The molecule has 14 heavy (non-hydrogen) atoms. The molecule has 0 amide bonds. The topological polar surface area (TPSA) is 40.9 Å². The second kappa shape index (κ2) is 3.63. The number of allylic oxidation sites excluding steroid dienone is 6. The van der Waals surface area contributed by atoms with Gasteiger partial charge in [0.25, 0.3) is 0 Å². The smallest absolute Gasteiger partial charge is 0.184 e. The normalized spacial score (nSPS) is 20.5. The average molecular weight is 187 g/mol. The fourth-order valence-corrected chi connectivity index (χ4v) is 1.51. The molecule has 0 fully saturated rings. The van der Waals surface area contributed by atoms with Crippen LogP contribution >= 0.6 is 0 Å². The zero-order valence-corrected chi connectivity index (χ0v) is 8.93. The number of nitrogens with zero attached hydrogens (tertiary/aromatic N) is 1. The van der Waals surface area contributed by atoms with Gasteiger partial charge in [0.1, 0.15) is 0 Å². The van der Waals surface area contributed by atoms with Crippen LogP contribution in [0.25, 0.3) is 0 Å². The molecule has 0 atom stereocenters. The summed E-state index contributed by atoms with van der Waals surface area (Å²) >= 11 is 0. The van der Waals surface area contributed by atoms with E-state index < -0.39 is 0 Å². The molecule has 1 rings (SSSR count). The molecular weight excluding hydrogens is 174 g/mol. The number of ketones is 1. The molecule has 0 bridgehead atoms. The summed E-state index contributed by atoms with van der Waals surface area (Å²) < 4.78 is 0. The van der Waals surface area contributed by atoms with Crippen molar-refractivity contribution in [1.82, 2.24) is 0 Å². The Bertz CT molecular complexity index is 428. The van der Waals surface area contributed by atoms with Gasteiger partial charge in [-0.2, -0.15) is 5.26 Å². The van der Waals surface area contributed by atoms with Crippen LogP contribution in [0, 0.1) is 11.3 Å². The monoisotopic (exact) mass is 187 g/mol. The molecule has 0 N–H and O–H groups in total. The van der Waals surface area contributed by atoms with Crippen LogP contribution in [0.5, 0.6) is 0 Å². The van der Waals surface area contributed by atoms with Gasteiger partial charge < -0.3 is 0 Å². The number of nitriles is 1. The van der Waals surface area contributed by atoms with Crippen LogP contribution in [0.4, 0.5) is 0 Å². The van der Waals surface area contributed by atoms with Crippen LogP contribution < -0.4 is 0 Å². The molecule has 0 unspecified atom stereocenters. The van der Waals surface area contributed by atoms with Crippen molar-refractivity contribution in [2.24, 2.45) is 0 Å². The van der Waals surface area contributed by atoms with Crippen molar-refractivity contribution < 1.29 is 4.79 Å². The number of rotatable bonds is 0. The first-order chi connectivity index (χ1) is 6.49. The highest BCUT2D eigenvalue weighted by molar-refractivity contribution is 6.10. The number of hydrogen-bond acceptors (Lipinski definition) is 2. The molecule has 72 valence electrons. The van der Waals surface area contributed by atoms with Crippen molar-refractivity contribution in [3.63, 3.8) is 0 Å². The molecule has 2 heteroatoms. The predicted molar refractivity (Wildman–Crippen MR) is 55.5 cm³/mol. The van der Waals surface area contributed by atoms with Crippen LogP contribution in [0.15, 0.2) is 33.9 Å². The highest BCUT2D eigenvalue weighted by Gasteiger charge is 2.18. The quantitative estimate of drug-likeness (QED) is 0.547. The zero-order chi connectivity index (χ0) is 10.9. The summed E-state index contributed by atoms with van der Waals surface area (Å²) in [6, 6.07) is 2.11. The molecule has 0 spiro atoms. The maximum atomic E-state index is 11.6. The van der Waals surface area contributed by atoms with E-state index in [0.717, 1.165) is 16.7 Å². The van der Waals surface area contributed by atoms with E-state index >= 15 is 0 Å². The van der Waals surface area contributed by atoms with Crippen LogP contribution in [-0.4, -0.2) is 5.78 Å². The maximum absolute atomic E-state index is 11.6. The average Bonchev–Trinajstić information content (AvgIpc) is 2.19. The largest absolute Gasteiger partial charge is 0.289 e. The van der Waals surface area contributed by atoms with Crippen LogP contribution in [0.1, 0.15) is 27.7 Å². The molecule has 0 saturated heterocycles. The first kappa shape index (κ1) is 10.5. The Morgan fingerprint density at radius 1 is 1.29 bits per heavy atom. The minimum atomic E-state index is 0.0805. The Kier molecular flexibility index (Phi) is 2.71. The Morgan fingerprint density at radius 2 is 1.86 bits per heavy atom. The van der Waals surface area contributed by atoms with E-state index in [9.17, 15) is 4.79 Å². The van der Waals surface area contributed by atoms with Gasteiger partial charge >= 0.3 is 0 Å². The molecule has 0 aromatic heterocycles. The van der Waals surface area contributed by atoms with E-state index in [0.29, 0.717) is 11.1 Å². The summed E-state index contributed by atoms with van der Waals surface area (Å²) in [5, 5.41) is 8.80. The van der Waals surface area contributed by atoms with Crippen molar-refractivity contribution in [3.05, 3.63) is 33.9 Å². The van der Waals surface area contributed by atoms with Gasteiger partial charge in [-0.05, 0) is 50.5 Å². The lowest BCUT2D eigenvalue weighted by Gasteiger charge is -2.15. The fraction of sp³-hybridized carbons (Fsp3) is 0.333. The zero-order valence-electron chi connectivity index (χ0n) is 8.93. The van der Waals surface area contributed by atoms with E-state index in [1.54, 1.807) is 26.8 Å². The van der Waals surface area contributed by atoms with Crippen molar-refractivity contribution in [2.75, 3.05) is 0 Å². The summed E-state index contributed by atoms with van der Waals surface area (Å²) in [6.07, 6.45) is 1.79. The molecule has 0 heterocycles. The lowest BCUT2D eigenvalue weighted by atomic mass is 9.87. The summed E-state index contributed by atoms with van der Waals surface area (Å²) in [4.78, 5) is 11.6. The van der Waals surface area contributed by atoms with Gasteiger partial charge in [0.05, 0.1) is 6.07 Å². The van der Waals surface area contributed by atoms with E-state index in [1.807, 2.05) is 6.92 Å². The van der Waals surface area contributed by atoms with Gasteiger partial charge in [-0.3, -0.25) is 4.79 Å². The number of Topliss-reactive ketones (excluding diaryl/α,β-unsaturated/α-hetero) is 1. The van der Waals surface area contributed by atoms with E-state index in [2.05, 4.69) is 6.07 Å². The number of hydrogen-bond donors (Lipinski definition) is 0. The summed E-state index contributed by atoms with van der Waals surface area (Å²) in [7, 11) is 0. The lowest BCUT2D eigenvalue weighted by molar-refractivity contribution is -0.112. The van der Waals surface area contributed by atoms with Gasteiger partial charge in [-0.25, -0.2) is 0 Å². The van der Waals surface area contributed by atoms with Crippen LogP contribution in [-0.2, 0) is 4.79 Å². The van der Waals surface area contributed by atoms with Gasteiger partial charge in [0.2, 0.25) is 0 Å². The van der Waals surface area contributed by atoms with Crippen molar-refractivity contribution >= 4 is 5.78 Å². The summed E-state index contributed by atoms with van der Waals surface area (Å²) in [5.41, 5.74) is 3.92. The van der Waals surface area contributed by atoms with Crippen molar-refractivity contribution in [3.8, 4) is 6.07 Å². The second-order valence-corrected chi connectivity index (χ2v) is 3.56. The minimum absolute atomic E-state index is 0.0805. The first-order valence-electron chi connectivity index (χ1n) is 4.51. The second-order valence-electron chi connectivity index (χ2n) is 3.56. The highest BCUT2D eigenvalue weighted by atomic mass is 16.1. The van der Waals surface area contributed by atoms with Gasteiger partial charge in [-0.1, -0.05) is 0 Å². The molecule has 1 aliphatic rings. The third kappa shape index (κ3) is 1.54. The van der Waals surface area contributed by atoms with Crippen molar-refractivity contribution in [1.29, 1.82) is 5.26 Å². The molecule has 0 aromatic rings. The van der Waals surface area contributed by atoms with E-state index in [1.165, 1.54) is 0 Å². The Balaban J connectivity index is 3.41. The van der Waals surface area contributed by atoms with Crippen LogP contribution in [0.3, 0.4) is 0 Å². The molecule has 2 nitrogen and oxygen atoms in total. The SMILES string of the molecule is CC1=C/C(=C(\C)C#N)C(C)=C(C)C1=O. The standard InChI is InChI=1S/C12H13NO/c1-7-5-11(8(2)6-13)9(3)10(4)12(7)14/h5H,1-4H3/b11-8-. The van der Waals surface area contributed by atoms with Gasteiger partial charge in [0, 0.05) is 11.1 Å².